The summed E-state index contributed by atoms with van der Waals surface area (Å²) in [5, 5.41) is 0. The monoisotopic (exact) mass is 143 g/mol. The van der Waals surface area contributed by atoms with Crippen molar-refractivity contribution in [3.63, 3.8) is 0 Å². The van der Waals surface area contributed by atoms with E-state index < -0.39 is 5.72 Å². The highest BCUT2D eigenvalue weighted by Gasteiger charge is 2.16. The van der Waals surface area contributed by atoms with Crippen LogP contribution in [0.1, 0.15) is 20.8 Å². The molecule has 0 heterocycles. The van der Waals surface area contributed by atoms with Gasteiger partial charge in [-0.05, 0) is 19.9 Å². The van der Waals surface area contributed by atoms with Gasteiger partial charge in [0, 0.05) is 6.92 Å². The summed E-state index contributed by atoms with van der Waals surface area (Å²) in [4.78, 5) is 10.4. The van der Waals surface area contributed by atoms with Crippen molar-refractivity contribution in [2.45, 2.75) is 26.5 Å². The van der Waals surface area contributed by atoms with Gasteiger partial charge in [0.1, 0.15) is 0 Å². The second-order valence-corrected chi connectivity index (χ2v) is 2.28. The predicted octanol–water partition coefficient (Wildman–Crippen LogP) is 0.801. The van der Waals surface area contributed by atoms with Gasteiger partial charge >= 0.3 is 5.97 Å². The molecule has 0 aliphatic rings. The van der Waals surface area contributed by atoms with Crippen molar-refractivity contribution in [1.82, 2.24) is 0 Å². The normalized spacial score (nSPS) is 16.8. The molecule has 10 heavy (non-hydrogen) atoms. The van der Waals surface area contributed by atoms with E-state index in [1.807, 2.05) is 6.92 Å². The Morgan fingerprint density at radius 3 is 2.50 bits per heavy atom. The molecular formula is C7H13NO2. The molecule has 1 unspecified atom stereocenters. The van der Waals surface area contributed by atoms with E-state index in [-0.39, 0.29) is 5.97 Å². The molecule has 0 radical (unpaired) electrons. The second kappa shape index (κ2) is 3.37. The van der Waals surface area contributed by atoms with Gasteiger partial charge in [-0.3, -0.25) is 10.5 Å². The van der Waals surface area contributed by atoms with Gasteiger partial charge in [0.15, 0.2) is 5.72 Å². The van der Waals surface area contributed by atoms with Crippen molar-refractivity contribution < 1.29 is 9.53 Å². The lowest BCUT2D eigenvalue weighted by molar-refractivity contribution is -0.150. The Morgan fingerprint density at radius 1 is 1.70 bits per heavy atom. The molecule has 0 spiro atoms. The first-order chi connectivity index (χ1) is 4.48. The summed E-state index contributed by atoms with van der Waals surface area (Å²) >= 11 is 0. The minimum atomic E-state index is -0.958. The SMILES string of the molecule is CC=CC(C)(N)OC(C)=O. The third-order valence-corrected chi connectivity index (χ3v) is 0.861. The number of carbonyl (C=O) groups is 1. The lowest BCUT2D eigenvalue weighted by atomic mass is 10.2. The lowest BCUT2D eigenvalue weighted by Gasteiger charge is -2.19. The largest absolute Gasteiger partial charge is 0.441 e. The topological polar surface area (TPSA) is 52.3 Å². The maximum absolute atomic E-state index is 10.4. The van der Waals surface area contributed by atoms with Crippen molar-refractivity contribution in [2.75, 3.05) is 0 Å². The van der Waals surface area contributed by atoms with Crippen LogP contribution in [0.4, 0.5) is 0 Å². The Balaban J connectivity index is 3.99. The number of carbonyl (C=O) groups excluding carboxylic acids is 1. The highest BCUT2D eigenvalue weighted by Crippen LogP contribution is 2.03. The fourth-order valence-corrected chi connectivity index (χ4v) is 0.675. The molecule has 0 saturated heterocycles. The van der Waals surface area contributed by atoms with E-state index in [0.29, 0.717) is 0 Å². The summed E-state index contributed by atoms with van der Waals surface area (Å²) in [6, 6.07) is 0. The Labute approximate surface area is 60.9 Å². The summed E-state index contributed by atoms with van der Waals surface area (Å²) in [6.45, 7) is 4.76. The first kappa shape index (κ1) is 9.17. The molecular weight excluding hydrogens is 130 g/mol. The predicted molar refractivity (Wildman–Crippen MR) is 39.2 cm³/mol. The average molecular weight is 143 g/mol. The van der Waals surface area contributed by atoms with Crippen LogP contribution >= 0.6 is 0 Å². The zero-order valence-corrected chi connectivity index (χ0v) is 6.55. The van der Waals surface area contributed by atoms with E-state index in [1.54, 1.807) is 19.1 Å². The van der Waals surface area contributed by atoms with Crippen LogP contribution in [0.2, 0.25) is 0 Å². The van der Waals surface area contributed by atoms with Crippen LogP contribution in [0.15, 0.2) is 12.2 Å². The van der Waals surface area contributed by atoms with Crippen LogP contribution in [0.25, 0.3) is 0 Å². The zero-order chi connectivity index (χ0) is 8.20. The molecule has 58 valence electrons. The molecule has 0 aromatic rings. The molecule has 0 amide bonds. The van der Waals surface area contributed by atoms with E-state index in [4.69, 9.17) is 10.5 Å². The molecule has 0 aliphatic heterocycles. The van der Waals surface area contributed by atoms with Gasteiger partial charge in [-0.1, -0.05) is 6.08 Å². The fourth-order valence-electron chi connectivity index (χ4n) is 0.675. The van der Waals surface area contributed by atoms with Gasteiger partial charge in [-0.25, -0.2) is 0 Å². The van der Waals surface area contributed by atoms with Crippen molar-refractivity contribution in [1.29, 1.82) is 0 Å². The van der Waals surface area contributed by atoms with E-state index in [9.17, 15) is 4.79 Å². The minimum Gasteiger partial charge on any atom is -0.441 e. The number of hydrogen-bond acceptors (Lipinski definition) is 3. The first-order valence-electron chi connectivity index (χ1n) is 3.10. The minimum absolute atomic E-state index is 0.372. The standard InChI is InChI=1S/C7H13NO2/c1-4-5-7(3,8)10-6(2)9/h4-5H,8H2,1-3H3. The van der Waals surface area contributed by atoms with Crippen LogP contribution < -0.4 is 5.73 Å². The molecule has 3 heteroatoms. The average Bonchev–Trinajstić information content (AvgIpc) is 1.59. The van der Waals surface area contributed by atoms with Crippen LogP contribution in [-0.4, -0.2) is 11.7 Å². The van der Waals surface area contributed by atoms with Crippen molar-refractivity contribution in [3.8, 4) is 0 Å². The molecule has 0 aromatic heterocycles. The van der Waals surface area contributed by atoms with E-state index in [2.05, 4.69) is 0 Å². The smallest absolute Gasteiger partial charge is 0.304 e. The van der Waals surface area contributed by atoms with Crippen LogP contribution in [0, 0.1) is 0 Å². The van der Waals surface area contributed by atoms with E-state index >= 15 is 0 Å². The molecule has 0 aliphatic carbocycles. The highest BCUT2D eigenvalue weighted by atomic mass is 16.6. The van der Waals surface area contributed by atoms with E-state index in [0.717, 1.165) is 0 Å². The first-order valence-corrected chi connectivity index (χ1v) is 3.10. The second-order valence-electron chi connectivity index (χ2n) is 2.28. The number of nitrogens with two attached hydrogens (primary N) is 1. The van der Waals surface area contributed by atoms with Crippen LogP contribution in [-0.2, 0) is 9.53 Å². The summed E-state index contributed by atoms with van der Waals surface area (Å²) in [7, 11) is 0. The molecule has 0 saturated carbocycles. The third-order valence-electron chi connectivity index (χ3n) is 0.861. The number of ether oxygens (including phenoxy) is 1. The molecule has 3 nitrogen and oxygen atoms in total. The van der Waals surface area contributed by atoms with Crippen molar-refractivity contribution >= 4 is 5.97 Å². The van der Waals surface area contributed by atoms with Crippen LogP contribution in [0.3, 0.4) is 0 Å². The Hall–Kier alpha value is -0.830. The Kier molecular flexibility index (Phi) is 3.09. The van der Waals surface area contributed by atoms with Crippen LogP contribution in [0.5, 0.6) is 0 Å². The maximum Gasteiger partial charge on any atom is 0.304 e. The molecule has 0 rings (SSSR count). The molecule has 2 N–H and O–H groups in total. The number of allylic oxidation sites excluding steroid dienone is 1. The van der Waals surface area contributed by atoms with Gasteiger partial charge < -0.3 is 4.74 Å². The summed E-state index contributed by atoms with van der Waals surface area (Å²) in [6.07, 6.45) is 3.36. The number of rotatable bonds is 2. The van der Waals surface area contributed by atoms with Gasteiger partial charge in [0.2, 0.25) is 0 Å². The third kappa shape index (κ3) is 4.09. The maximum atomic E-state index is 10.4. The molecule has 0 aromatic carbocycles. The van der Waals surface area contributed by atoms with E-state index in [1.165, 1.54) is 6.92 Å². The Morgan fingerprint density at radius 2 is 2.20 bits per heavy atom. The fraction of sp³-hybridized carbons (Fsp3) is 0.571. The molecule has 0 bridgehead atoms. The summed E-state index contributed by atoms with van der Waals surface area (Å²) < 4.78 is 4.73. The van der Waals surface area contributed by atoms with Crippen molar-refractivity contribution in [3.05, 3.63) is 12.2 Å². The summed E-state index contributed by atoms with van der Waals surface area (Å²) in [5.74, 6) is -0.372. The van der Waals surface area contributed by atoms with Gasteiger partial charge in [0.05, 0.1) is 0 Å². The zero-order valence-electron chi connectivity index (χ0n) is 6.55. The molecule has 1 atom stereocenters. The van der Waals surface area contributed by atoms with Gasteiger partial charge in [-0.2, -0.15) is 0 Å². The quantitative estimate of drug-likeness (QED) is 0.353. The van der Waals surface area contributed by atoms with Gasteiger partial charge in [0.25, 0.3) is 0 Å². The Bertz CT molecular complexity index is 150. The van der Waals surface area contributed by atoms with Gasteiger partial charge in [-0.15, -0.1) is 0 Å². The van der Waals surface area contributed by atoms with Crippen molar-refractivity contribution in [2.24, 2.45) is 5.73 Å². The summed E-state index contributed by atoms with van der Waals surface area (Å²) in [5.41, 5.74) is 4.54. The highest BCUT2D eigenvalue weighted by molar-refractivity contribution is 5.66. The number of hydrogen-bond donors (Lipinski definition) is 1. The molecule has 0 fully saturated rings. The lowest BCUT2D eigenvalue weighted by Crippen LogP contribution is -2.38. The number of esters is 1.